The van der Waals surface area contributed by atoms with Crippen molar-refractivity contribution < 1.29 is 9.53 Å². The molecule has 0 aliphatic carbocycles. The zero-order valence-electron chi connectivity index (χ0n) is 15.6. The summed E-state index contributed by atoms with van der Waals surface area (Å²) in [5, 5.41) is 2.25. The highest BCUT2D eigenvalue weighted by atomic mass is 16.5. The van der Waals surface area contributed by atoms with Gasteiger partial charge < -0.3 is 14.5 Å². The molecule has 1 aliphatic heterocycles. The number of nitrogens with zero attached hydrogens (tertiary/aromatic N) is 2. The van der Waals surface area contributed by atoms with Crippen molar-refractivity contribution in [3.05, 3.63) is 77.9 Å². The van der Waals surface area contributed by atoms with Gasteiger partial charge in [-0.3, -0.25) is 0 Å². The number of likely N-dealkylation sites (N-methyl/N-ethyl adjacent to an activating group) is 1. The van der Waals surface area contributed by atoms with Crippen molar-refractivity contribution in [2.45, 2.75) is 6.61 Å². The van der Waals surface area contributed by atoms with Gasteiger partial charge in [0.2, 0.25) is 0 Å². The normalized spacial score (nSPS) is 15.1. The first-order valence-electron chi connectivity index (χ1n) is 9.38. The maximum absolute atomic E-state index is 12.5. The number of hydrogen-bond acceptors (Lipinski definition) is 4. The molecule has 0 atom stereocenters. The minimum atomic E-state index is -0.283. The largest absolute Gasteiger partial charge is 0.457 e. The van der Waals surface area contributed by atoms with Crippen LogP contribution in [0.25, 0.3) is 10.8 Å². The molecule has 0 radical (unpaired) electrons. The van der Waals surface area contributed by atoms with Crippen molar-refractivity contribution in [3.8, 4) is 0 Å². The summed E-state index contributed by atoms with van der Waals surface area (Å²) >= 11 is 0. The lowest BCUT2D eigenvalue weighted by molar-refractivity contribution is 0.0473. The Kier molecular flexibility index (Phi) is 5.07. The highest BCUT2D eigenvalue weighted by molar-refractivity contribution is 6.00. The number of esters is 1. The number of ether oxygens (including phenoxy) is 1. The van der Waals surface area contributed by atoms with Gasteiger partial charge in [0.15, 0.2) is 0 Å². The molecule has 1 aliphatic rings. The molecule has 0 N–H and O–H groups in total. The van der Waals surface area contributed by atoms with E-state index in [-0.39, 0.29) is 12.6 Å². The first kappa shape index (κ1) is 17.6. The first-order valence-corrected chi connectivity index (χ1v) is 9.38. The molecule has 4 nitrogen and oxygen atoms in total. The number of hydrogen-bond donors (Lipinski definition) is 0. The third kappa shape index (κ3) is 3.96. The average molecular weight is 360 g/mol. The van der Waals surface area contributed by atoms with Crippen LogP contribution in [0.3, 0.4) is 0 Å². The van der Waals surface area contributed by atoms with Gasteiger partial charge in [0, 0.05) is 37.3 Å². The molecule has 1 fully saturated rings. The lowest BCUT2D eigenvalue weighted by Gasteiger charge is -2.34. The molecule has 0 spiro atoms. The van der Waals surface area contributed by atoms with Crippen LogP contribution in [0.5, 0.6) is 0 Å². The van der Waals surface area contributed by atoms with Crippen molar-refractivity contribution in [1.29, 1.82) is 0 Å². The topological polar surface area (TPSA) is 32.8 Å². The van der Waals surface area contributed by atoms with Crippen LogP contribution < -0.4 is 4.90 Å². The van der Waals surface area contributed by atoms with Gasteiger partial charge in [-0.1, -0.05) is 48.5 Å². The number of rotatable bonds is 4. The van der Waals surface area contributed by atoms with Gasteiger partial charge in [0.1, 0.15) is 6.61 Å². The molecular weight excluding hydrogens is 336 g/mol. The van der Waals surface area contributed by atoms with Crippen molar-refractivity contribution in [1.82, 2.24) is 4.90 Å². The highest BCUT2D eigenvalue weighted by Gasteiger charge is 2.17. The van der Waals surface area contributed by atoms with Gasteiger partial charge in [-0.2, -0.15) is 0 Å². The molecule has 3 aromatic carbocycles. The molecule has 0 aromatic heterocycles. The van der Waals surface area contributed by atoms with Gasteiger partial charge >= 0.3 is 5.97 Å². The number of fused-ring (bicyclic) bond motifs is 1. The maximum Gasteiger partial charge on any atom is 0.338 e. The van der Waals surface area contributed by atoms with Gasteiger partial charge in [-0.25, -0.2) is 4.79 Å². The van der Waals surface area contributed by atoms with Crippen LogP contribution in [-0.2, 0) is 11.3 Å². The van der Waals surface area contributed by atoms with Crippen LogP contribution in [0.2, 0.25) is 0 Å². The minimum Gasteiger partial charge on any atom is -0.457 e. The summed E-state index contributed by atoms with van der Waals surface area (Å²) in [5.74, 6) is -0.283. The molecule has 27 heavy (non-hydrogen) atoms. The summed E-state index contributed by atoms with van der Waals surface area (Å²) in [4.78, 5) is 17.3. The monoisotopic (exact) mass is 360 g/mol. The van der Waals surface area contributed by atoms with E-state index in [1.54, 1.807) is 0 Å². The van der Waals surface area contributed by atoms with Crippen LogP contribution >= 0.6 is 0 Å². The van der Waals surface area contributed by atoms with Crippen LogP contribution in [-0.4, -0.2) is 44.1 Å². The molecule has 4 rings (SSSR count). The first-order chi connectivity index (χ1) is 13.2. The van der Waals surface area contributed by atoms with E-state index < -0.39 is 0 Å². The molecule has 138 valence electrons. The van der Waals surface area contributed by atoms with Gasteiger partial charge in [-0.05, 0) is 36.2 Å². The van der Waals surface area contributed by atoms with Crippen LogP contribution in [0.4, 0.5) is 5.69 Å². The molecule has 1 heterocycles. The number of benzene rings is 3. The van der Waals surface area contributed by atoms with E-state index in [2.05, 4.69) is 35.0 Å². The van der Waals surface area contributed by atoms with Gasteiger partial charge in [-0.15, -0.1) is 0 Å². The van der Waals surface area contributed by atoms with Crippen LogP contribution in [0.15, 0.2) is 66.7 Å². The van der Waals surface area contributed by atoms with Crippen LogP contribution in [0.1, 0.15) is 15.9 Å². The van der Waals surface area contributed by atoms with E-state index in [0.717, 1.165) is 42.5 Å². The van der Waals surface area contributed by atoms with E-state index in [1.165, 1.54) is 5.69 Å². The van der Waals surface area contributed by atoms with E-state index in [9.17, 15) is 4.79 Å². The molecular formula is C23H24N2O2. The zero-order chi connectivity index (χ0) is 18.6. The van der Waals surface area contributed by atoms with Gasteiger partial charge in [0.05, 0.1) is 5.56 Å². The highest BCUT2D eigenvalue weighted by Crippen LogP contribution is 2.29. The summed E-state index contributed by atoms with van der Waals surface area (Å²) in [5.41, 5.74) is 2.78. The standard InChI is InChI=1S/C23H24N2O2/c1-24-12-14-25(15-13-24)22-9-5-8-19-10-11-20(16-21(19)22)23(26)27-17-18-6-3-2-4-7-18/h2-11,16H,12-15,17H2,1H3. The van der Waals surface area contributed by atoms with E-state index in [0.29, 0.717) is 5.56 Å². The summed E-state index contributed by atoms with van der Waals surface area (Å²) in [6, 6.07) is 21.9. The minimum absolute atomic E-state index is 0.283. The zero-order valence-corrected chi connectivity index (χ0v) is 15.6. The maximum atomic E-state index is 12.5. The van der Waals surface area contributed by atoms with Crippen molar-refractivity contribution in [3.63, 3.8) is 0 Å². The molecule has 3 aromatic rings. The Bertz CT molecular complexity index is 932. The number of piperazine rings is 1. The summed E-state index contributed by atoms with van der Waals surface area (Å²) in [6.45, 7) is 4.39. The number of anilines is 1. The lowest BCUT2D eigenvalue weighted by Crippen LogP contribution is -2.44. The molecule has 0 amide bonds. The Morgan fingerprint density at radius 1 is 0.926 bits per heavy atom. The van der Waals surface area contributed by atoms with E-state index in [4.69, 9.17) is 4.74 Å². The molecule has 0 bridgehead atoms. The van der Waals surface area contributed by atoms with Crippen molar-refractivity contribution >= 4 is 22.4 Å². The van der Waals surface area contributed by atoms with E-state index >= 15 is 0 Å². The second-order valence-electron chi connectivity index (χ2n) is 7.07. The third-order valence-corrected chi connectivity index (χ3v) is 5.15. The van der Waals surface area contributed by atoms with Gasteiger partial charge in [0.25, 0.3) is 0 Å². The second kappa shape index (κ2) is 7.80. The SMILES string of the molecule is CN1CCN(c2cccc3ccc(C(=O)OCc4ccccc4)cc23)CC1. The Labute approximate surface area is 160 Å². The second-order valence-corrected chi connectivity index (χ2v) is 7.07. The van der Waals surface area contributed by atoms with Crippen LogP contribution in [0, 0.1) is 0 Å². The Hall–Kier alpha value is -2.85. The number of carbonyl (C=O) groups excluding carboxylic acids is 1. The van der Waals surface area contributed by atoms with E-state index in [1.807, 2.05) is 48.5 Å². The molecule has 4 heteroatoms. The Balaban J connectivity index is 1.57. The summed E-state index contributed by atoms with van der Waals surface area (Å²) < 4.78 is 5.50. The predicted molar refractivity (Wildman–Crippen MR) is 109 cm³/mol. The fourth-order valence-corrected chi connectivity index (χ4v) is 3.51. The lowest BCUT2D eigenvalue weighted by atomic mass is 10.0. The quantitative estimate of drug-likeness (QED) is 0.660. The smallest absolute Gasteiger partial charge is 0.338 e. The Morgan fingerprint density at radius 3 is 2.48 bits per heavy atom. The van der Waals surface area contributed by atoms with Crippen molar-refractivity contribution in [2.75, 3.05) is 38.1 Å². The summed E-state index contributed by atoms with van der Waals surface area (Å²) in [7, 11) is 2.15. The average Bonchev–Trinajstić information content (AvgIpc) is 2.72. The van der Waals surface area contributed by atoms with Crippen molar-refractivity contribution in [2.24, 2.45) is 0 Å². The fraction of sp³-hybridized carbons (Fsp3) is 0.261. The fourth-order valence-electron chi connectivity index (χ4n) is 3.51. The summed E-state index contributed by atoms with van der Waals surface area (Å²) in [6.07, 6.45) is 0. The molecule has 1 saturated heterocycles. The Morgan fingerprint density at radius 2 is 1.70 bits per heavy atom. The molecule has 0 unspecified atom stereocenters. The number of carbonyl (C=O) groups is 1. The third-order valence-electron chi connectivity index (χ3n) is 5.15. The molecule has 0 saturated carbocycles. The predicted octanol–water partition coefficient (Wildman–Crippen LogP) is 3.95.